The molecule has 2 aliphatic rings. The molecule has 3 heterocycles. The summed E-state index contributed by atoms with van der Waals surface area (Å²) in [5.41, 5.74) is -0.994. The normalized spacial score (nSPS) is 12.3. The minimum absolute atomic E-state index is 0.159. The quantitative estimate of drug-likeness (QED) is 0.196. The number of sulfonamides is 1. The molecule has 9 nitrogen and oxygen atoms in total. The van der Waals surface area contributed by atoms with E-state index < -0.39 is 15.5 Å². The molecule has 0 atom stereocenters. The topological polar surface area (TPSA) is 119 Å². The van der Waals surface area contributed by atoms with E-state index >= 15 is 0 Å². The maximum absolute atomic E-state index is 13.3. The lowest BCUT2D eigenvalue weighted by atomic mass is 10.0. The van der Waals surface area contributed by atoms with Crippen LogP contribution in [0.25, 0.3) is 33.4 Å². The zero-order valence-corrected chi connectivity index (χ0v) is 25.0. The molecule has 2 aromatic heterocycles. The average Bonchev–Trinajstić information content (AvgIpc) is 3.43. The lowest BCUT2D eigenvalue weighted by Gasteiger charge is -2.16. The van der Waals surface area contributed by atoms with Gasteiger partial charge in [-0.3, -0.25) is 9.52 Å². The van der Waals surface area contributed by atoms with E-state index in [0.29, 0.717) is 51.1 Å². The summed E-state index contributed by atoms with van der Waals surface area (Å²) >= 11 is 3.59. The standard InChI is InChI=1S/C28H25BrF3N5O4S/c1-4-22-35-25-15(3)12-21(27(38)33-5-2)34-26(25)37(22)13-18-16-10-11-41-14-19(16)24(29)23(18)17-8-6-7-9-20(17)36-42(39,40)28(30,31)32/h6-12,14,36H,4-5,13H2,1-3H3,(H,33,38). The second-order valence-electron chi connectivity index (χ2n) is 9.47. The Bertz CT molecular complexity index is 1900. The molecule has 0 unspecified atom stereocenters. The highest BCUT2D eigenvalue weighted by atomic mass is 79.9. The number of imidazole rings is 1. The fourth-order valence-corrected chi connectivity index (χ4v) is 6.23. The third kappa shape index (κ3) is 5.13. The Balaban J connectivity index is 1.75. The number of nitrogens with zero attached hydrogens (tertiary/aromatic N) is 3. The highest BCUT2D eigenvalue weighted by Crippen LogP contribution is 2.48. The Morgan fingerprint density at radius 1 is 1.10 bits per heavy atom. The number of carbonyl (C=O) groups excluding carboxylic acids is 1. The number of rotatable bonds is 8. The van der Waals surface area contributed by atoms with Crippen molar-refractivity contribution in [1.82, 2.24) is 19.9 Å². The summed E-state index contributed by atoms with van der Waals surface area (Å²) < 4.78 is 73.6. The maximum atomic E-state index is 13.3. The Hall–Kier alpha value is -3.91. The van der Waals surface area contributed by atoms with Crippen molar-refractivity contribution in [2.45, 2.75) is 39.2 Å². The summed E-state index contributed by atoms with van der Waals surface area (Å²) in [6, 6.07) is 9.25. The highest BCUT2D eigenvalue weighted by molar-refractivity contribution is 9.10. The van der Waals surface area contributed by atoms with Crippen LogP contribution in [0.4, 0.5) is 18.9 Å². The largest absolute Gasteiger partial charge is 0.516 e. The number of para-hydroxylation sites is 1. The highest BCUT2D eigenvalue weighted by Gasteiger charge is 2.46. The Morgan fingerprint density at radius 2 is 1.83 bits per heavy atom. The molecular weight excluding hydrogens is 639 g/mol. The number of anilines is 1. The van der Waals surface area contributed by atoms with Crippen LogP contribution in [0, 0.1) is 6.92 Å². The van der Waals surface area contributed by atoms with E-state index in [1.165, 1.54) is 30.7 Å². The van der Waals surface area contributed by atoms with Gasteiger partial charge in [0.15, 0.2) is 5.65 Å². The number of alkyl halides is 3. The summed E-state index contributed by atoms with van der Waals surface area (Å²) in [6.07, 6.45) is 3.50. The van der Waals surface area contributed by atoms with E-state index in [-0.39, 0.29) is 29.4 Å². The van der Waals surface area contributed by atoms with Gasteiger partial charge >= 0.3 is 15.5 Å². The van der Waals surface area contributed by atoms with Gasteiger partial charge in [-0.2, -0.15) is 21.6 Å². The van der Waals surface area contributed by atoms with Crippen molar-refractivity contribution < 1.29 is 30.8 Å². The van der Waals surface area contributed by atoms with Crippen LogP contribution in [0.2, 0.25) is 0 Å². The molecule has 5 rings (SSSR count). The van der Waals surface area contributed by atoms with Crippen molar-refractivity contribution in [3.63, 3.8) is 0 Å². The number of amides is 1. The number of hydrogen-bond acceptors (Lipinski definition) is 6. The maximum Gasteiger partial charge on any atom is 0.516 e. The number of pyridine rings is 1. The van der Waals surface area contributed by atoms with Crippen LogP contribution >= 0.6 is 15.9 Å². The first-order chi connectivity index (χ1) is 19.9. The summed E-state index contributed by atoms with van der Waals surface area (Å²) in [7, 11) is -5.70. The minimum atomic E-state index is -5.70. The van der Waals surface area contributed by atoms with Gasteiger partial charge in [-0.25, -0.2) is 9.97 Å². The molecule has 0 radical (unpaired) electrons. The molecular formula is C28H25BrF3N5O4S. The molecule has 42 heavy (non-hydrogen) atoms. The van der Waals surface area contributed by atoms with E-state index in [0.717, 1.165) is 11.1 Å². The fraction of sp³-hybridized carbons (Fsp3) is 0.250. The van der Waals surface area contributed by atoms with Crippen molar-refractivity contribution in [1.29, 1.82) is 0 Å². The first-order valence-corrected chi connectivity index (χ1v) is 15.1. The van der Waals surface area contributed by atoms with Crippen molar-refractivity contribution in [2.24, 2.45) is 0 Å². The first kappa shape index (κ1) is 29.6. The number of nitrogens with one attached hydrogen (secondary N) is 2. The number of hydrogen-bond donors (Lipinski definition) is 2. The fourth-order valence-electron chi connectivity index (χ4n) is 4.89. The molecule has 0 spiro atoms. The predicted molar refractivity (Wildman–Crippen MR) is 156 cm³/mol. The van der Waals surface area contributed by atoms with Crippen LogP contribution in [-0.4, -0.2) is 40.9 Å². The van der Waals surface area contributed by atoms with Gasteiger partial charge in [-0.05, 0) is 64.7 Å². The number of carbonyl (C=O) groups is 1. The zero-order valence-electron chi connectivity index (χ0n) is 22.6. The molecule has 0 saturated carbocycles. The van der Waals surface area contributed by atoms with E-state index in [2.05, 4.69) is 26.2 Å². The summed E-state index contributed by atoms with van der Waals surface area (Å²) in [5, 5.41) is 2.75. The molecule has 0 saturated heterocycles. The number of halogens is 4. The molecule has 0 bridgehead atoms. The SMILES string of the molecule is CCNC(=O)c1cc(C)c2nc(CC)n(Cc3c4ccocc-4c(Br)c3-c3ccccc3NS(=O)(=O)C(F)(F)F)c2n1. The lowest BCUT2D eigenvalue weighted by molar-refractivity contribution is -0.0429. The summed E-state index contributed by atoms with van der Waals surface area (Å²) in [4.78, 5) is 22.1. The Kier molecular flexibility index (Phi) is 7.79. The van der Waals surface area contributed by atoms with E-state index in [1.54, 1.807) is 22.9 Å². The van der Waals surface area contributed by atoms with Crippen LogP contribution in [0.3, 0.4) is 0 Å². The van der Waals surface area contributed by atoms with Gasteiger partial charge in [0.1, 0.15) is 17.0 Å². The van der Waals surface area contributed by atoms with Crippen molar-refractivity contribution in [3.8, 4) is 22.3 Å². The van der Waals surface area contributed by atoms with Crippen LogP contribution in [0.1, 0.15) is 41.3 Å². The van der Waals surface area contributed by atoms with E-state index in [4.69, 9.17) is 9.40 Å². The summed E-state index contributed by atoms with van der Waals surface area (Å²) in [6.45, 7) is 6.16. The molecule has 0 fully saturated rings. The molecule has 1 aliphatic carbocycles. The third-order valence-corrected chi connectivity index (χ3v) is 8.71. The van der Waals surface area contributed by atoms with Gasteiger partial charge < -0.3 is 14.3 Å². The van der Waals surface area contributed by atoms with Crippen molar-refractivity contribution >= 4 is 48.7 Å². The molecule has 2 N–H and O–H groups in total. The number of fused-ring (bicyclic) bond motifs is 2. The van der Waals surface area contributed by atoms with Crippen LogP contribution in [-0.2, 0) is 23.0 Å². The van der Waals surface area contributed by atoms with Gasteiger partial charge in [0.2, 0.25) is 0 Å². The smallest absolute Gasteiger partial charge is 0.472 e. The summed E-state index contributed by atoms with van der Waals surface area (Å²) in [5.74, 6) is 0.347. The lowest BCUT2D eigenvalue weighted by Crippen LogP contribution is -2.30. The second kappa shape index (κ2) is 11.1. The van der Waals surface area contributed by atoms with Crippen molar-refractivity contribution in [2.75, 3.05) is 11.3 Å². The zero-order chi connectivity index (χ0) is 30.4. The molecule has 220 valence electrons. The second-order valence-corrected chi connectivity index (χ2v) is 11.9. The monoisotopic (exact) mass is 663 g/mol. The van der Waals surface area contributed by atoms with Crippen LogP contribution in [0.5, 0.6) is 0 Å². The van der Waals surface area contributed by atoms with Crippen LogP contribution in [0.15, 0.2) is 57.8 Å². The molecule has 1 aromatic carbocycles. The first-order valence-electron chi connectivity index (χ1n) is 12.9. The molecule has 14 heteroatoms. The van der Waals surface area contributed by atoms with Gasteiger partial charge in [-0.1, -0.05) is 25.1 Å². The number of aryl methyl sites for hydroxylation is 2. The Labute approximate surface area is 247 Å². The van der Waals surface area contributed by atoms with Crippen LogP contribution < -0.4 is 10.0 Å². The average molecular weight is 665 g/mol. The van der Waals surface area contributed by atoms with Gasteiger partial charge in [-0.15, -0.1) is 0 Å². The van der Waals surface area contributed by atoms with Gasteiger partial charge in [0.05, 0.1) is 24.8 Å². The third-order valence-electron chi connectivity index (χ3n) is 6.79. The molecule has 1 amide bonds. The molecule has 3 aromatic rings. The van der Waals surface area contributed by atoms with Crippen molar-refractivity contribution in [3.05, 3.63) is 76.0 Å². The predicted octanol–water partition coefficient (Wildman–Crippen LogP) is 6.49. The van der Waals surface area contributed by atoms with Gasteiger partial charge in [0, 0.05) is 34.1 Å². The Morgan fingerprint density at radius 3 is 2.52 bits per heavy atom. The van der Waals surface area contributed by atoms with E-state index in [1.807, 2.05) is 25.3 Å². The van der Waals surface area contributed by atoms with Gasteiger partial charge in [0.25, 0.3) is 5.91 Å². The van der Waals surface area contributed by atoms with E-state index in [9.17, 15) is 26.4 Å². The number of benzene rings is 1. The minimum Gasteiger partial charge on any atom is -0.472 e. The number of aromatic nitrogens is 3. The molecule has 1 aliphatic heterocycles.